The van der Waals surface area contributed by atoms with Crippen molar-refractivity contribution < 1.29 is 14.7 Å². The van der Waals surface area contributed by atoms with Crippen LogP contribution in [0.15, 0.2) is 0 Å². The second kappa shape index (κ2) is 5.84. The minimum absolute atomic E-state index is 0.00373. The number of likely N-dealkylation sites (tertiary alicyclic amines) is 1. The number of nitrogens with zero attached hydrogens (tertiary/aromatic N) is 1. The molecule has 5 nitrogen and oxygen atoms in total. The molecule has 1 saturated heterocycles. The summed E-state index contributed by atoms with van der Waals surface area (Å²) in [5.41, 5.74) is 0. The van der Waals surface area contributed by atoms with Gasteiger partial charge in [0, 0.05) is 20.0 Å². The molecule has 0 aromatic carbocycles. The summed E-state index contributed by atoms with van der Waals surface area (Å²) in [7, 11) is 1.62. The summed E-state index contributed by atoms with van der Waals surface area (Å²) in [5, 5.41) is 11.4. The number of likely N-dealkylation sites (N-methyl/N-ethyl adjacent to an activating group) is 1. The highest BCUT2D eigenvalue weighted by atomic mass is 16.4. The molecule has 0 spiro atoms. The number of carboxylic acids is 1. The molecule has 1 aliphatic heterocycles. The SMILES string of the molecule is CNC(=O)C(C)N1CCCC(CC(=O)O)C1. The van der Waals surface area contributed by atoms with E-state index in [9.17, 15) is 9.59 Å². The van der Waals surface area contributed by atoms with Crippen LogP contribution in [0.4, 0.5) is 0 Å². The average Bonchev–Trinajstić information content (AvgIpc) is 2.26. The molecule has 5 heteroatoms. The fourth-order valence-corrected chi connectivity index (χ4v) is 2.24. The molecule has 1 fully saturated rings. The van der Waals surface area contributed by atoms with Crippen LogP contribution >= 0.6 is 0 Å². The van der Waals surface area contributed by atoms with Crippen molar-refractivity contribution in [3.05, 3.63) is 0 Å². The van der Waals surface area contributed by atoms with Crippen molar-refractivity contribution >= 4 is 11.9 Å². The first-order valence-electron chi connectivity index (χ1n) is 5.72. The first kappa shape index (κ1) is 13.0. The van der Waals surface area contributed by atoms with Gasteiger partial charge in [-0.3, -0.25) is 14.5 Å². The van der Waals surface area contributed by atoms with Crippen molar-refractivity contribution in [2.24, 2.45) is 5.92 Å². The van der Waals surface area contributed by atoms with Crippen LogP contribution in [-0.2, 0) is 9.59 Å². The largest absolute Gasteiger partial charge is 0.481 e. The number of piperidine rings is 1. The Morgan fingerprint density at radius 2 is 2.25 bits per heavy atom. The summed E-state index contributed by atoms with van der Waals surface area (Å²) in [6.07, 6.45) is 2.12. The minimum Gasteiger partial charge on any atom is -0.481 e. The number of carbonyl (C=O) groups excluding carboxylic acids is 1. The van der Waals surface area contributed by atoms with E-state index in [2.05, 4.69) is 10.2 Å². The summed E-state index contributed by atoms with van der Waals surface area (Å²) in [5.74, 6) is -0.575. The van der Waals surface area contributed by atoms with Crippen molar-refractivity contribution in [2.45, 2.75) is 32.2 Å². The molecule has 92 valence electrons. The van der Waals surface area contributed by atoms with E-state index < -0.39 is 5.97 Å². The van der Waals surface area contributed by atoms with E-state index in [1.54, 1.807) is 7.05 Å². The first-order chi connectivity index (χ1) is 7.54. The van der Waals surface area contributed by atoms with Crippen LogP contribution in [0.1, 0.15) is 26.2 Å². The Bertz CT molecular complexity index is 268. The highest BCUT2D eigenvalue weighted by molar-refractivity contribution is 5.81. The lowest BCUT2D eigenvalue weighted by Gasteiger charge is -2.35. The van der Waals surface area contributed by atoms with Crippen LogP contribution in [0.5, 0.6) is 0 Å². The highest BCUT2D eigenvalue weighted by Gasteiger charge is 2.27. The molecule has 0 bridgehead atoms. The van der Waals surface area contributed by atoms with Crippen LogP contribution in [-0.4, -0.2) is 48.1 Å². The summed E-state index contributed by atoms with van der Waals surface area (Å²) in [6.45, 7) is 3.45. The van der Waals surface area contributed by atoms with E-state index in [0.717, 1.165) is 19.4 Å². The fraction of sp³-hybridized carbons (Fsp3) is 0.818. The van der Waals surface area contributed by atoms with E-state index in [1.807, 2.05) is 6.92 Å². The predicted molar refractivity (Wildman–Crippen MR) is 60.1 cm³/mol. The third-order valence-corrected chi connectivity index (χ3v) is 3.19. The Labute approximate surface area is 95.8 Å². The van der Waals surface area contributed by atoms with Crippen molar-refractivity contribution in [3.8, 4) is 0 Å². The number of carboxylic acid groups (broad SMARTS) is 1. The maximum atomic E-state index is 11.5. The molecule has 2 unspecified atom stereocenters. The van der Waals surface area contributed by atoms with E-state index >= 15 is 0 Å². The molecule has 0 aliphatic carbocycles. The zero-order valence-electron chi connectivity index (χ0n) is 9.90. The molecular weight excluding hydrogens is 208 g/mol. The Balaban J connectivity index is 2.49. The fourth-order valence-electron chi connectivity index (χ4n) is 2.24. The van der Waals surface area contributed by atoms with Gasteiger partial charge in [-0.05, 0) is 32.2 Å². The number of carbonyl (C=O) groups is 2. The molecule has 0 radical (unpaired) electrons. The molecule has 2 N–H and O–H groups in total. The van der Waals surface area contributed by atoms with Crippen molar-refractivity contribution in [1.29, 1.82) is 0 Å². The number of amides is 1. The number of rotatable bonds is 4. The molecule has 16 heavy (non-hydrogen) atoms. The minimum atomic E-state index is -0.751. The highest BCUT2D eigenvalue weighted by Crippen LogP contribution is 2.21. The van der Waals surface area contributed by atoms with Crippen molar-refractivity contribution in [2.75, 3.05) is 20.1 Å². The van der Waals surface area contributed by atoms with Gasteiger partial charge in [0.15, 0.2) is 0 Å². The lowest BCUT2D eigenvalue weighted by molar-refractivity contribution is -0.138. The molecule has 1 amide bonds. The number of hydrogen-bond acceptors (Lipinski definition) is 3. The van der Waals surface area contributed by atoms with Gasteiger partial charge in [0.1, 0.15) is 0 Å². The van der Waals surface area contributed by atoms with Crippen LogP contribution in [0.25, 0.3) is 0 Å². The molecule has 0 saturated carbocycles. The van der Waals surface area contributed by atoms with Gasteiger partial charge in [0.2, 0.25) is 5.91 Å². The van der Waals surface area contributed by atoms with Gasteiger partial charge >= 0.3 is 5.97 Å². The quantitative estimate of drug-likeness (QED) is 0.726. The zero-order valence-corrected chi connectivity index (χ0v) is 9.90. The summed E-state index contributed by atoms with van der Waals surface area (Å²) in [6, 6.07) is -0.165. The van der Waals surface area contributed by atoms with E-state index in [0.29, 0.717) is 6.54 Å². The second-order valence-electron chi connectivity index (χ2n) is 4.39. The number of nitrogens with one attached hydrogen (secondary N) is 1. The average molecular weight is 228 g/mol. The number of hydrogen-bond donors (Lipinski definition) is 2. The molecular formula is C11H20N2O3. The second-order valence-corrected chi connectivity index (χ2v) is 4.39. The Morgan fingerprint density at radius 1 is 1.56 bits per heavy atom. The van der Waals surface area contributed by atoms with Gasteiger partial charge in [0.25, 0.3) is 0 Å². The predicted octanol–water partition coefficient (Wildman–Crippen LogP) is 0.308. The Kier molecular flexibility index (Phi) is 4.73. The van der Waals surface area contributed by atoms with Crippen LogP contribution < -0.4 is 5.32 Å². The molecule has 1 rings (SSSR count). The lowest BCUT2D eigenvalue weighted by atomic mass is 9.94. The smallest absolute Gasteiger partial charge is 0.303 e. The third kappa shape index (κ3) is 3.48. The van der Waals surface area contributed by atoms with E-state index in [1.165, 1.54) is 0 Å². The molecule has 1 heterocycles. The molecule has 0 aromatic heterocycles. The third-order valence-electron chi connectivity index (χ3n) is 3.19. The molecule has 2 atom stereocenters. The van der Waals surface area contributed by atoms with Gasteiger partial charge in [-0.1, -0.05) is 0 Å². The summed E-state index contributed by atoms with van der Waals surface area (Å²) < 4.78 is 0. The van der Waals surface area contributed by atoms with Gasteiger partial charge in [-0.25, -0.2) is 0 Å². The first-order valence-corrected chi connectivity index (χ1v) is 5.72. The summed E-state index contributed by atoms with van der Waals surface area (Å²) >= 11 is 0. The van der Waals surface area contributed by atoms with Crippen LogP contribution in [0.2, 0.25) is 0 Å². The maximum Gasteiger partial charge on any atom is 0.303 e. The van der Waals surface area contributed by atoms with E-state index in [4.69, 9.17) is 5.11 Å². The topological polar surface area (TPSA) is 69.6 Å². The van der Waals surface area contributed by atoms with Crippen LogP contribution in [0.3, 0.4) is 0 Å². The van der Waals surface area contributed by atoms with Gasteiger partial charge in [-0.2, -0.15) is 0 Å². The Morgan fingerprint density at radius 3 is 2.81 bits per heavy atom. The normalized spacial score (nSPS) is 23.8. The number of aliphatic carboxylic acids is 1. The standard InChI is InChI=1S/C11H20N2O3/c1-8(11(16)12-2)13-5-3-4-9(7-13)6-10(14)15/h8-9H,3-7H2,1-2H3,(H,12,16)(H,14,15). The zero-order chi connectivity index (χ0) is 12.1. The summed E-state index contributed by atoms with van der Waals surface area (Å²) in [4.78, 5) is 24.2. The van der Waals surface area contributed by atoms with E-state index in [-0.39, 0.29) is 24.3 Å². The van der Waals surface area contributed by atoms with Crippen molar-refractivity contribution in [1.82, 2.24) is 10.2 Å². The van der Waals surface area contributed by atoms with Crippen LogP contribution in [0, 0.1) is 5.92 Å². The lowest BCUT2D eigenvalue weighted by Crippen LogP contribution is -2.48. The van der Waals surface area contributed by atoms with Gasteiger partial charge in [0.05, 0.1) is 6.04 Å². The monoisotopic (exact) mass is 228 g/mol. The van der Waals surface area contributed by atoms with Crippen molar-refractivity contribution in [3.63, 3.8) is 0 Å². The molecule has 0 aromatic rings. The van der Waals surface area contributed by atoms with Gasteiger partial charge in [-0.15, -0.1) is 0 Å². The van der Waals surface area contributed by atoms with Gasteiger partial charge < -0.3 is 10.4 Å². The maximum absolute atomic E-state index is 11.5. The Hall–Kier alpha value is -1.10. The molecule has 1 aliphatic rings.